The van der Waals surface area contributed by atoms with Crippen LogP contribution < -0.4 is 15.2 Å². The monoisotopic (exact) mass is 404 g/mol. The minimum Gasteiger partial charge on any atom is -0.494 e. The second kappa shape index (κ2) is 8.16. The van der Waals surface area contributed by atoms with E-state index in [1.54, 1.807) is 26.6 Å². The first-order valence-corrected chi connectivity index (χ1v) is 9.24. The Morgan fingerprint density at radius 2 is 1.77 bits per heavy atom. The summed E-state index contributed by atoms with van der Waals surface area (Å²) >= 11 is 0. The highest BCUT2D eigenvalue weighted by Crippen LogP contribution is 2.24. The molecule has 2 aromatic heterocycles. The van der Waals surface area contributed by atoms with E-state index >= 15 is 0 Å². The molecule has 4 aromatic rings. The molecule has 0 amide bonds. The predicted molar refractivity (Wildman–Crippen MR) is 110 cm³/mol. The summed E-state index contributed by atoms with van der Waals surface area (Å²) in [5, 5.41) is 7.74. The third kappa shape index (κ3) is 3.77. The average molecular weight is 404 g/mol. The molecular weight excluding hydrogens is 384 g/mol. The van der Waals surface area contributed by atoms with Crippen LogP contribution >= 0.6 is 0 Å². The van der Waals surface area contributed by atoms with Gasteiger partial charge in [-0.25, -0.2) is 14.8 Å². The summed E-state index contributed by atoms with van der Waals surface area (Å²) in [6.07, 6.45) is 3.24. The number of nitrogens with zero attached hydrogens (tertiary/aromatic N) is 6. The molecule has 4 rings (SSSR count). The highest BCUT2D eigenvalue weighted by atomic mass is 16.5. The van der Waals surface area contributed by atoms with Gasteiger partial charge in [-0.2, -0.15) is 9.36 Å². The molecule has 9 heteroatoms. The van der Waals surface area contributed by atoms with Gasteiger partial charge in [-0.15, -0.1) is 0 Å². The standard InChI is InChI=1S/C21H20N6O3/c1-14-6-4-9-19(27-21(28)26(2)24-25-27)18(14)13-30-16-8-5-7-15(10-16)20-22-11-17(29-3)12-23-20/h4-12H,13H2,1-3H3. The maximum atomic E-state index is 12.3. The molecule has 2 heterocycles. The largest absolute Gasteiger partial charge is 0.494 e. The van der Waals surface area contributed by atoms with Crippen LogP contribution in [0.3, 0.4) is 0 Å². The Labute approximate surface area is 172 Å². The van der Waals surface area contributed by atoms with Crippen LogP contribution in [0.5, 0.6) is 11.5 Å². The first-order valence-electron chi connectivity index (χ1n) is 9.24. The summed E-state index contributed by atoms with van der Waals surface area (Å²) in [5.74, 6) is 1.83. The van der Waals surface area contributed by atoms with Crippen LogP contribution in [0.15, 0.2) is 59.7 Å². The van der Waals surface area contributed by atoms with Crippen molar-refractivity contribution in [3.63, 3.8) is 0 Å². The van der Waals surface area contributed by atoms with Crippen molar-refractivity contribution in [3.05, 3.63) is 76.5 Å². The van der Waals surface area contributed by atoms with Crippen molar-refractivity contribution in [1.29, 1.82) is 0 Å². The van der Waals surface area contributed by atoms with Gasteiger partial charge >= 0.3 is 5.69 Å². The third-order valence-corrected chi connectivity index (χ3v) is 4.67. The van der Waals surface area contributed by atoms with Crippen molar-refractivity contribution in [2.45, 2.75) is 13.5 Å². The lowest BCUT2D eigenvalue weighted by Gasteiger charge is -2.13. The summed E-state index contributed by atoms with van der Waals surface area (Å²) in [4.78, 5) is 20.9. The number of hydrogen-bond donors (Lipinski definition) is 0. The van der Waals surface area contributed by atoms with Crippen molar-refractivity contribution in [3.8, 4) is 28.6 Å². The SMILES string of the molecule is COc1cnc(-c2cccc(OCc3c(C)cccc3-n3nnn(C)c3=O)c2)nc1. The number of rotatable bonds is 6. The first kappa shape index (κ1) is 19.3. The number of hydrogen-bond acceptors (Lipinski definition) is 7. The number of tetrazole rings is 1. The quantitative estimate of drug-likeness (QED) is 0.486. The maximum Gasteiger partial charge on any atom is 0.368 e. The lowest BCUT2D eigenvalue weighted by Crippen LogP contribution is -2.23. The van der Waals surface area contributed by atoms with Crippen molar-refractivity contribution < 1.29 is 9.47 Å². The minimum atomic E-state index is -0.319. The molecule has 0 spiro atoms. The Balaban J connectivity index is 1.60. The molecule has 0 atom stereocenters. The Morgan fingerprint density at radius 1 is 1.00 bits per heavy atom. The Bertz CT molecular complexity index is 1230. The zero-order chi connectivity index (χ0) is 21.1. The normalized spacial score (nSPS) is 10.8. The summed E-state index contributed by atoms with van der Waals surface area (Å²) in [7, 11) is 3.13. The average Bonchev–Trinajstić information content (AvgIpc) is 3.11. The van der Waals surface area contributed by atoms with Crippen LogP contribution in [0.25, 0.3) is 17.1 Å². The van der Waals surface area contributed by atoms with E-state index in [0.717, 1.165) is 16.7 Å². The predicted octanol–water partition coefficient (Wildman–Crippen LogP) is 2.32. The molecule has 152 valence electrons. The van der Waals surface area contributed by atoms with E-state index in [4.69, 9.17) is 9.47 Å². The van der Waals surface area contributed by atoms with Gasteiger partial charge in [-0.3, -0.25) is 0 Å². The summed E-state index contributed by atoms with van der Waals surface area (Å²) in [5.41, 5.74) is 2.99. The fourth-order valence-electron chi connectivity index (χ4n) is 2.99. The van der Waals surface area contributed by atoms with Gasteiger partial charge in [0.25, 0.3) is 0 Å². The van der Waals surface area contributed by atoms with Crippen LogP contribution in [-0.2, 0) is 13.7 Å². The minimum absolute atomic E-state index is 0.262. The van der Waals surface area contributed by atoms with Gasteiger partial charge in [0.05, 0.1) is 25.2 Å². The van der Waals surface area contributed by atoms with E-state index in [1.165, 1.54) is 9.36 Å². The molecule has 0 bridgehead atoms. The van der Waals surface area contributed by atoms with E-state index in [9.17, 15) is 4.79 Å². The molecule has 0 aliphatic rings. The third-order valence-electron chi connectivity index (χ3n) is 4.67. The van der Waals surface area contributed by atoms with Gasteiger partial charge < -0.3 is 9.47 Å². The van der Waals surface area contributed by atoms with Crippen LogP contribution in [0.2, 0.25) is 0 Å². The van der Waals surface area contributed by atoms with Crippen molar-refractivity contribution in [2.75, 3.05) is 7.11 Å². The summed E-state index contributed by atoms with van der Waals surface area (Å²) < 4.78 is 13.6. The lowest BCUT2D eigenvalue weighted by molar-refractivity contribution is 0.305. The van der Waals surface area contributed by atoms with E-state index in [0.29, 0.717) is 23.0 Å². The number of aryl methyl sites for hydroxylation is 2. The van der Waals surface area contributed by atoms with Crippen molar-refractivity contribution in [2.24, 2.45) is 7.05 Å². The fourth-order valence-corrected chi connectivity index (χ4v) is 2.99. The van der Waals surface area contributed by atoms with Crippen molar-refractivity contribution in [1.82, 2.24) is 29.8 Å². The smallest absolute Gasteiger partial charge is 0.368 e. The van der Waals surface area contributed by atoms with Crippen molar-refractivity contribution >= 4 is 0 Å². The topological polar surface area (TPSA) is 97.0 Å². The lowest BCUT2D eigenvalue weighted by atomic mass is 10.1. The molecule has 0 fully saturated rings. The molecule has 0 saturated carbocycles. The van der Waals surface area contributed by atoms with Gasteiger partial charge in [0.2, 0.25) is 0 Å². The number of ether oxygens (including phenoxy) is 2. The second-order valence-corrected chi connectivity index (χ2v) is 6.63. The zero-order valence-electron chi connectivity index (χ0n) is 16.8. The van der Waals surface area contributed by atoms with Crippen LogP contribution in [-0.4, -0.2) is 36.9 Å². The highest BCUT2D eigenvalue weighted by Gasteiger charge is 2.14. The highest BCUT2D eigenvalue weighted by molar-refractivity contribution is 5.57. The van der Waals surface area contributed by atoms with Crippen LogP contribution in [0.4, 0.5) is 0 Å². The van der Waals surface area contributed by atoms with E-state index in [2.05, 4.69) is 20.4 Å². The van der Waals surface area contributed by atoms with Crippen LogP contribution in [0.1, 0.15) is 11.1 Å². The molecule has 0 aliphatic heterocycles. The molecule has 0 aliphatic carbocycles. The van der Waals surface area contributed by atoms with E-state index < -0.39 is 0 Å². The first-order chi connectivity index (χ1) is 14.6. The molecule has 2 aromatic carbocycles. The molecule has 9 nitrogen and oxygen atoms in total. The molecule has 30 heavy (non-hydrogen) atoms. The second-order valence-electron chi connectivity index (χ2n) is 6.63. The number of benzene rings is 2. The van der Waals surface area contributed by atoms with Gasteiger partial charge in [-0.1, -0.05) is 24.3 Å². The van der Waals surface area contributed by atoms with Gasteiger partial charge in [0, 0.05) is 18.2 Å². The molecule has 0 saturated heterocycles. The van der Waals surface area contributed by atoms with Gasteiger partial charge in [-0.05, 0) is 41.1 Å². The molecule has 0 N–H and O–H groups in total. The number of methoxy groups -OCH3 is 1. The van der Waals surface area contributed by atoms with Crippen LogP contribution in [0, 0.1) is 6.92 Å². The summed E-state index contributed by atoms with van der Waals surface area (Å²) in [6, 6.07) is 13.2. The number of aromatic nitrogens is 6. The van der Waals surface area contributed by atoms with E-state index in [1.807, 2.05) is 49.4 Å². The Kier molecular flexibility index (Phi) is 5.25. The molecule has 0 unspecified atom stereocenters. The Hall–Kier alpha value is -4.01. The van der Waals surface area contributed by atoms with Gasteiger partial charge in [0.1, 0.15) is 12.4 Å². The summed E-state index contributed by atoms with van der Waals surface area (Å²) in [6.45, 7) is 2.23. The molecular formula is C21H20N6O3. The fraction of sp³-hybridized carbons (Fsp3) is 0.190. The van der Waals surface area contributed by atoms with Gasteiger partial charge in [0.15, 0.2) is 11.6 Å². The molecule has 0 radical (unpaired) electrons. The Morgan fingerprint density at radius 3 is 2.47 bits per heavy atom. The zero-order valence-corrected chi connectivity index (χ0v) is 16.8. The van der Waals surface area contributed by atoms with E-state index in [-0.39, 0.29) is 12.3 Å². The maximum absolute atomic E-state index is 12.3.